The number of carbonyl (C=O) groups excluding carboxylic acids is 2. The highest BCUT2D eigenvalue weighted by Gasteiger charge is 2.28. The molecule has 1 fully saturated rings. The molecule has 6 nitrogen and oxygen atoms in total. The molecule has 106 valence electrons. The molecule has 0 unspecified atom stereocenters. The highest BCUT2D eigenvalue weighted by molar-refractivity contribution is 5.85. The Morgan fingerprint density at radius 1 is 1.53 bits per heavy atom. The van der Waals surface area contributed by atoms with Crippen molar-refractivity contribution < 1.29 is 19.1 Å². The number of hydrogen-bond acceptors (Lipinski definition) is 5. The summed E-state index contributed by atoms with van der Waals surface area (Å²) in [4.78, 5) is 23.5. The monoisotopic (exact) mass is 268 g/mol. The molecule has 1 aliphatic heterocycles. The maximum atomic E-state index is 11.9. The van der Waals surface area contributed by atoms with E-state index >= 15 is 0 Å². The summed E-state index contributed by atoms with van der Waals surface area (Å²) < 4.78 is 9.83. The smallest absolute Gasteiger partial charge is 0.328 e. The van der Waals surface area contributed by atoms with Crippen LogP contribution < -0.4 is 5.32 Å². The maximum Gasteiger partial charge on any atom is 0.328 e. The SMILES string of the molecule is COC(=O)[C@H](CCCCC#N)NC(=O)[C@H]1CCOC1. The number of esters is 1. The Morgan fingerprint density at radius 3 is 2.89 bits per heavy atom. The predicted octanol–water partition coefficient (Wildman–Crippen LogP) is 0.765. The van der Waals surface area contributed by atoms with Crippen LogP contribution in [0.25, 0.3) is 0 Å². The molecule has 1 rings (SSSR count). The van der Waals surface area contributed by atoms with Crippen LogP contribution in [0.2, 0.25) is 0 Å². The average molecular weight is 268 g/mol. The lowest BCUT2D eigenvalue weighted by Crippen LogP contribution is -2.44. The zero-order chi connectivity index (χ0) is 14.1. The van der Waals surface area contributed by atoms with Crippen LogP contribution in [0, 0.1) is 17.2 Å². The summed E-state index contributed by atoms with van der Waals surface area (Å²) >= 11 is 0. The minimum absolute atomic E-state index is 0.159. The molecular weight excluding hydrogens is 248 g/mol. The van der Waals surface area contributed by atoms with Gasteiger partial charge in [0.15, 0.2) is 0 Å². The molecule has 0 saturated carbocycles. The van der Waals surface area contributed by atoms with Crippen LogP contribution in [0.1, 0.15) is 32.1 Å². The van der Waals surface area contributed by atoms with Crippen molar-refractivity contribution in [3.05, 3.63) is 0 Å². The van der Waals surface area contributed by atoms with Crippen molar-refractivity contribution in [1.29, 1.82) is 5.26 Å². The summed E-state index contributed by atoms with van der Waals surface area (Å²) in [5.74, 6) is -0.774. The molecule has 1 N–H and O–H groups in total. The Bertz CT molecular complexity index is 345. The molecular formula is C13H20N2O4. The summed E-state index contributed by atoms with van der Waals surface area (Å²) in [6.45, 7) is 0.997. The second-order valence-corrected chi connectivity index (χ2v) is 4.55. The van der Waals surface area contributed by atoms with Crippen LogP contribution in [-0.4, -0.2) is 38.2 Å². The van der Waals surface area contributed by atoms with E-state index in [4.69, 9.17) is 10.00 Å². The van der Waals surface area contributed by atoms with E-state index in [1.54, 1.807) is 0 Å². The van der Waals surface area contributed by atoms with Crippen molar-refractivity contribution in [3.63, 3.8) is 0 Å². The van der Waals surface area contributed by atoms with Crippen molar-refractivity contribution in [2.75, 3.05) is 20.3 Å². The maximum absolute atomic E-state index is 11.9. The number of methoxy groups -OCH3 is 1. The van der Waals surface area contributed by atoms with Crippen LogP contribution in [-0.2, 0) is 19.1 Å². The van der Waals surface area contributed by atoms with E-state index in [-0.39, 0.29) is 11.8 Å². The third kappa shape index (κ3) is 5.26. The number of carbonyl (C=O) groups is 2. The largest absolute Gasteiger partial charge is 0.467 e. The molecule has 1 amide bonds. The van der Waals surface area contributed by atoms with Crippen LogP contribution >= 0.6 is 0 Å². The van der Waals surface area contributed by atoms with Gasteiger partial charge in [-0.15, -0.1) is 0 Å². The molecule has 0 aromatic heterocycles. The van der Waals surface area contributed by atoms with Gasteiger partial charge in [-0.3, -0.25) is 4.79 Å². The number of nitrogens with zero attached hydrogens (tertiary/aromatic N) is 1. The van der Waals surface area contributed by atoms with Gasteiger partial charge < -0.3 is 14.8 Å². The molecule has 2 atom stereocenters. The quantitative estimate of drug-likeness (QED) is 0.544. The fraction of sp³-hybridized carbons (Fsp3) is 0.769. The van der Waals surface area contributed by atoms with Crippen molar-refractivity contribution in [3.8, 4) is 6.07 Å². The molecule has 0 aromatic carbocycles. The molecule has 0 bridgehead atoms. The van der Waals surface area contributed by atoms with Crippen LogP contribution in [0.3, 0.4) is 0 Å². The summed E-state index contributed by atoms with van der Waals surface area (Å²) in [6, 6.07) is 1.42. The van der Waals surface area contributed by atoms with Crippen LogP contribution in [0.4, 0.5) is 0 Å². The van der Waals surface area contributed by atoms with Crippen LogP contribution in [0.15, 0.2) is 0 Å². The normalized spacial score (nSPS) is 19.5. The summed E-state index contributed by atoms with van der Waals surface area (Å²) in [5, 5.41) is 11.2. The van der Waals surface area contributed by atoms with Gasteiger partial charge in [0.25, 0.3) is 0 Å². The van der Waals surface area contributed by atoms with Gasteiger partial charge in [0, 0.05) is 13.0 Å². The molecule has 1 saturated heterocycles. The molecule has 0 radical (unpaired) electrons. The lowest BCUT2D eigenvalue weighted by Gasteiger charge is -2.18. The molecule has 0 aromatic rings. The number of hydrogen-bond donors (Lipinski definition) is 1. The number of unbranched alkanes of at least 4 members (excludes halogenated alkanes) is 2. The van der Waals surface area contributed by atoms with Gasteiger partial charge in [0.05, 0.1) is 25.7 Å². The number of rotatable bonds is 7. The van der Waals surface area contributed by atoms with Gasteiger partial charge in [0.1, 0.15) is 6.04 Å². The van der Waals surface area contributed by atoms with E-state index in [1.807, 2.05) is 0 Å². The van der Waals surface area contributed by atoms with E-state index in [9.17, 15) is 9.59 Å². The third-order valence-corrected chi connectivity index (χ3v) is 3.13. The van der Waals surface area contributed by atoms with Crippen LogP contribution in [0.5, 0.6) is 0 Å². The Kier molecular flexibility index (Phi) is 6.90. The van der Waals surface area contributed by atoms with E-state index < -0.39 is 12.0 Å². The van der Waals surface area contributed by atoms with Gasteiger partial charge in [-0.2, -0.15) is 5.26 Å². The fourth-order valence-electron chi connectivity index (χ4n) is 1.97. The number of nitrogens with one attached hydrogen (secondary N) is 1. The predicted molar refractivity (Wildman–Crippen MR) is 67.0 cm³/mol. The van der Waals surface area contributed by atoms with Gasteiger partial charge in [-0.05, 0) is 25.7 Å². The molecule has 1 aliphatic rings. The highest BCUT2D eigenvalue weighted by atomic mass is 16.5. The first-order valence-corrected chi connectivity index (χ1v) is 6.52. The summed E-state index contributed by atoms with van der Waals surface area (Å²) in [6.07, 6.45) is 3.06. The van der Waals surface area contributed by atoms with Crippen molar-refractivity contribution in [2.45, 2.75) is 38.1 Å². The minimum Gasteiger partial charge on any atom is -0.467 e. The van der Waals surface area contributed by atoms with E-state index in [0.29, 0.717) is 45.3 Å². The fourth-order valence-corrected chi connectivity index (χ4v) is 1.97. The van der Waals surface area contributed by atoms with E-state index in [0.717, 1.165) is 0 Å². The zero-order valence-electron chi connectivity index (χ0n) is 11.2. The van der Waals surface area contributed by atoms with Gasteiger partial charge in [0.2, 0.25) is 5.91 Å². The summed E-state index contributed by atoms with van der Waals surface area (Å²) in [7, 11) is 1.30. The Balaban J connectivity index is 2.42. The summed E-state index contributed by atoms with van der Waals surface area (Å²) in [5.41, 5.74) is 0. The number of ether oxygens (including phenoxy) is 2. The Morgan fingerprint density at radius 2 is 2.32 bits per heavy atom. The second kappa shape index (κ2) is 8.48. The molecule has 19 heavy (non-hydrogen) atoms. The third-order valence-electron chi connectivity index (χ3n) is 3.13. The van der Waals surface area contributed by atoms with Crippen molar-refractivity contribution in [2.24, 2.45) is 5.92 Å². The Hall–Kier alpha value is -1.61. The first-order chi connectivity index (χ1) is 9.19. The highest BCUT2D eigenvalue weighted by Crippen LogP contribution is 2.13. The zero-order valence-corrected chi connectivity index (χ0v) is 11.2. The molecule has 1 heterocycles. The second-order valence-electron chi connectivity index (χ2n) is 4.55. The van der Waals surface area contributed by atoms with Gasteiger partial charge >= 0.3 is 5.97 Å². The van der Waals surface area contributed by atoms with Gasteiger partial charge in [-0.25, -0.2) is 4.79 Å². The minimum atomic E-state index is -0.628. The molecule has 0 spiro atoms. The average Bonchev–Trinajstić information content (AvgIpc) is 2.95. The number of amides is 1. The van der Waals surface area contributed by atoms with E-state index in [1.165, 1.54) is 7.11 Å². The van der Waals surface area contributed by atoms with Crippen molar-refractivity contribution in [1.82, 2.24) is 5.32 Å². The first-order valence-electron chi connectivity index (χ1n) is 6.52. The topological polar surface area (TPSA) is 88.4 Å². The van der Waals surface area contributed by atoms with Crippen molar-refractivity contribution >= 4 is 11.9 Å². The lowest BCUT2D eigenvalue weighted by molar-refractivity contribution is -0.145. The Labute approximate surface area is 113 Å². The van der Waals surface area contributed by atoms with Gasteiger partial charge in [-0.1, -0.05) is 0 Å². The first kappa shape index (κ1) is 15.4. The standard InChI is InChI=1S/C13H20N2O4/c1-18-13(17)11(5-3-2-4-7-14)15-12(16)10-6-8-19-9-10/h10-11H,2-6,8-9H2,1H3,(H,15,16)/t10-,11-/m0/s1. The van der Waals surface area contributed by atoms with E-state index in [2.05, 4.69) is 16.1 Å². The lowest BCUT2D eigenvalue weighted by atomic mass is 10.1. The molecule has 6 heteroatoms. The number of nitriles is 1. The molecule has 0 aliphatic carbocycles.